The van der Waals surface area contributed by atoms with Crippen LogP contribution in [-0.2, 0) is 32.0 Å². The fourth-order valence-corrected chi connectivity index (χ4v) is 4.87. The molecule has 12 nitrogen and oxygen atoms in total. The molecule has 0 aliphatic carbocycles. The Morgan fingerprint density at radius 2 is 2.02 bits per heavy atom. The molecule has 236 valence electrons. The number of ether oxygens (including phenoxy) is 2. The Labute approximate surface area is 256 Å². The van der Waals surface area contributed by atoms with E-state index >= 15 is 0 Å². The fourth-order valence-electron chi connectivity index (χ4n) is 4.87. The maximum absolute atomic E-state index is 13.4. The van der Waals surface area contributed by atoms with Gasteiger partial charge in [-0.25, -0.2) is 9.78 Å². The lowest BCUT2D eigenvalue weighted by Gasteiger charge is -2.19. The van der Waals surface area contributed by atoms with E-state index in [4.69, 9.17) is 14.5 Å². The Balaban J connectivity index is 1.48. The summed E-state index contributed by atoms with van der Waals surface area (Å²) in [5, 5.41) is 5.27. The molecule has 3 amide bonds. The number of fused-ring (bicyclic) bond motifs is 1. The Kier molecular flexibility index (Phi) is 10.6. The van der Waals surface area contributed by atoms with E-state index in [2.05, 4.69) is 42.5 Å². The van der Waals surface area contributed by atoms with Crippen LogP contribution >= 0.6 is 0 Å². The van der Waals surface area contributed by atoms with Gasteiger partial charge in [-0.1, -0.05) is 39.0 Å². The lowest BCUT2D eigenvalue weighted by molar-refractivity contribution is -0.123. The van der Waals surface area contributed by atoms with Crippen molar-refractivity contribution in [3.05, 3.63) is 70.4 Å². The van der Waals surface area contributed by atoms with Crippen molar-refractivity contribution in [3.63, 3.8) is 0 Å². The van der Waals surface area contributed by atoms with Crippen molar-refractivity contribution in [1.82, 2.24) is 24.8 Å². The highest BCUT2D eigenvalue weighted by atomic mass is 16.6. The molecule has 44 heavy (non-hydrogen) atoms. The largest absolute Gasteiger partial charge is 0.444 e. The topological polar surface area (TPSA) is 148 Å². The molecule has 3 N–H and O–H groups in total. The predicted molar refractivity (Wildman–Crippen MR) is 167 cm³/mol. The number of alkyl carbamates (subject to hydrolysis) is 1. The number of para-hydroxylation sites is 1. The molecule has 1 aliphatic heterocycles. The van der Waals surface area contributed by atoms with Gasteiger partial charge in [-0.15, -0.1) is 0 Å². The van der Waals surface area contributed by atoms with E-state index in [1.165, 1.54) is 21.6 Å². The second-order valence-corrected chi connectivity index (χ2v) is 12.4. The monoisotopic (exact) mass is 606 g/mol. The third kappa shape index (κ3) is 9.03. The van der Waals surface area contributed by atoms with Gasteiger partial charge >= 0.3 is 6.09 Å². The van der Waals surface area contributed by atoms with Gasteiger partial charge < -0.3 is 34.6 Å². The van der Waals surface area contributed by atoms with Gasteiger partial charge in [-0.2, -0.15) is 0 Å². The molecule has 0 bridgehead atoms. The first-order valence-corrected chi connectivity index (χ1v) is 14.8. The van der Waals surface area contributed by atoms with E-state index in [1.807, 2.05) is 12.1 Å². The lowest BCUT2D eigenvalue weighted by atomic mass is 9.88. The third-order valence-corrected chi connectivity index (χ3v) is 7.06. The van der Waals surface area contributed by atoms with Crippen LogP contribution in [0.15, 0.2) is 53.5 Å². The average Bonchev–Trinajstić information content (AvgIpc) is 3.61. The van der Waals surface area contributed by atoms with Crippen LogP contribution < -0.4 is 16.2 Å². The van der Waals surface area contributed by atoms with Crippen molar-refractivity contribution >= 4 is 34.6 Å². The first-order valence-electron chi connectivity index (χ1n) is 14.8. The number of likely N-dealkylation sites (N-methyl/N-ethyl adjacent to an activating group) is 1. The average molecular weight is 607 g/mol. The number of aromatic nitrogens is 3. The van der Waals surface area contributed by atoms with Gasteiger partial charge in [0.25, 0.3) is 5.56 Å². The van der Waals surface area contributed by atoms with Crippen LogP contribution in [0.3, 0.4) is 0 Å². The molecule has 1 aromatic carbocycles. The summed E-state index contributed by atoms with van der Waals surface area (Å²) >= 11 is 0. The van der Waals surface area contributed by atoms with Gasteiger partial charge in [-0.05, 0) is 54.5 Å². The molecular formula is C32H42N6O6. The second-order valence-electron chi connectivity index (χ2n) is 12.4. The van der Waals surface area contributed by atoms with Crippen LogP contribution in [0.25, 0.3) is 11.0 Å². The third-order valence-electron chi connectivity index (χ3n) is 7.06. The molecule has 0 spiro atoms. The highest BCUT2D eigenvalue weighted by Gasteiger charge is 2.26. The van der Waals surface area contributed by atoms with Crippen molar-refractivity contribution in [1.29, 1.82) is 0 Å². The number of carbonyl (C=O) groups is 3. The van der Waals surface area contributed by atoms with Gasteiger partial charge in [0.2, 0.25) is 11.8 Å². The molecule has 1 unspecified atom stereocenters. The van der Waals surface area contributed by atoms with Crippen molar-refractivity contribution in [2.45, 2.75) is 65.1 Å². The number of imidazole rings is 1. The molecule has 4 rings (SSSR count). The summed E-state index contributed by atoms with van der Waals surface area (Å²) in [5.74, 6) is -0.161. The quantitative estimate of drug-likeness (QED) is 0.283. The minimum absolute atomic E-state index is 0.0599. The molecule has 1 fully saturated rings. The minimum Gasteiger partial charge on any atom is -0.444 e. The Bertz CT molecular complexity index is 1560. The fraction of sp³-hybridized carbons (Fsp3) is 0.469. The summed E-state index contributed by atoms with van der Waals surface area (Å²) in [6.45, 7) is 7.50. The summed E-state index contributed by atoms with van der Waals surface area (Å²) in [7, 11) is 3.27. The smallest absolute Gasteiger partial charge is 0.408 e. The number of anilines is 1. The lowest BCUT2D eigenvalue weighted by Crippen LogP contribution is -2.45. The normalized spacial score (nSPS) is 15.8. The summed E-state index contributed by atoms with van der Waals surface area (Å²) in [6.07, 6.45) is 5.46. The van der Waals surface area contributed by atoms with Crippen LogP contribution in [0.5, 0.6) is 0 Å². The van der Waals surface area contributed by atoms with Crippen LogP contribution in [0.1, 0.15) is 51.4 Å². The number of aromatic amines is 1. The number of amides is 3. The van der Waals surface area contributed by atoms with E-state index in [0.29, 0.717) is 31.9 Å². The number of rotatable bonds is 11. The molecule has 0 radical (unpaired) electrons. The van der Waals surface area contributed by atoms with Crippen molar-refractivity contribution in [2.24, 2.45) is 5.41 Å². The maximum Gasteiger partial charge on any atom is 0.408 e. The Morgan fingerprint density at radius 3 is 2.73 bits per heavy atom. The zero-order valence-corrected chi connectivity index (χ0v) is 26.0. The first-order chi connectivity index (χ1) is 20.9. The number of nitrogens with zero attached hydrogens (tertiary/aromatic N) is 3. The number of carbonyl (C=O) groups excluding carboxylic acids is 3. The van der Waals surface area contributed by atoms with Gasteiger partial charge in [0.05, 0.1) is 30.8 Å². The summed E-state index contributed by atoms with van der Waals surface area (Å²) in [5.41, 5.74) is 2.63. The van der Waals surface area contributed by atoms with Crippen molar-refractivity contribution < 1.29 is 23.9 Å². The summed E-state index contributed by atoms with van der Waals surface area (Å²) < 4.78 is 12.1. The zero-order chi connectivity index (χ0) is 31.9. The standard InChI is InChI=1S/C32H42N6O6/c1-32(2,3)18-21-10-8-12-23-28(21)36-26(33-23)19-38-16-9-13-25(30(38)41)34-29(40)24(11-6-7-14-27(39)37(4)5)35-31(42)44-22-15-17-43-20-22/h7-10,12-14,16,22,24H,6,11,15,17-20H2,1-5H3,(H,33,36)(H,34,40)(H,35,42)/b14-7+/t22?,24-/m0/s1. The van der Waals surface area contributed by atoms with Crippen molar-refractivity contribution in [3.8, 4) is 0 Å². The Morgan fingerprint density at radius 1 is 1.23 bits per heavy atom. The molecule has 1 saturated heterocycles. The van der Waals surface area contributed by atoms with E-state index in [1.54, 1.807) is 32.4 Å². The molecule has 1 aliphatic rings. The van der Waals surface area contributed by atoms with E-state index < -0.39 is 23.6 Å². The van der Waals surface area contributed by atoms with E-state index in [0.717, 1.165) is 23.0 Å². The van der Waals surface area contributed by atoms with Gasteiger partial charge in [0.15, 0.2) is 0 Å². The number of H-pyrrole nitrogens is 1. The molecule has 3 aromatic rings. The number of hydrogen-bond donors (Lipinski definition) is 3. The van der Waals surface area contributed by atoms with Gasteiger partial charge in [0, 0.05) is 26.7 Å². The molecule has 0 saturated carbocycles. The summed E-state index contributed by atoms with van der Waals surface area (Å²) in [4.78, 5) is 60.7. The van der Waals surface area contributed by atoms with Crippen LogP contribution in [-0.4, -0.2) is 76.8 Å². The van der Waals surface area contributed by atoms with E-state index in [9.17, 15) is 19.2 Å². The summed E-state index contributed by atoms with van der Waals surface area (Å²) in [6, 6.07) is 8.17. The van der Waals surface area contributed by atoms with Crippen molar-refractivity contribution in [2.75, 3.05) is 32.6 Å². The number of pyridine rings is 1. The highest BCUT2D eigenvalue weighted by Crippen LogP contribution is 2.25. The zero-order valence-electron chi connectivity index (χ0n) is 26.0. The maximum atomic E-state index is 13.4. The molecule has 12 heteroatoms. The molecular weight excluding hydrogens is 564 g/mol. The Hall–Kier alpha value is -4.45. The molecule has 2 aromatic heterocycles. The van der Waals surface area contributed by atoms with Gasteiger partial charge in [-0.3, -0.25) is 14.4 Å². The molecule has 2 atom stereocenters. The number of nitrogens with one attached hydrogen (secondary N) is 3. The first kappa shape index (κ1) is 32.5. The van der Waals surface area contributed by atoms with Crippen LogP contribution in [0, 0.1) is 5.41 Å². The minimum atomic E-state index is -1.02. The highest BCUT2D eigenvalue weighted by molar-refractivity contribution is 5.96. The second kappa shape index (κ2) is 14.3. The SMILES string of the molecule is CN(C)C(=O)/C=C/CC[C@H](NC(=O)OC1CCOC1)C(=O)Nc1cccn(Cc2nc3c(CC(C)(C)C)cccc3[nH]2)c1=O. The van der Waals surface area contributed by atoms with Gasteiger partial charge in [0.1, 0.15) is 23.7 Å². The van der Waals surface area contributed by atoms with E-state index in [-0.39, 0.29) is 36.1 Å². The molecule has 3 heterocycles. The number of hydrogen-bond acceptors (Lipinski definition) is 7. The number of allylic oxidation sites excluding steroid dienone is 1. The van der Waals surface area contributed by atoms with Crippen LogP contribution in [0.2, 0.25) is 0 Å². The predicted octanol–water partition coefficient (Wildman–Crippen LogP) is 3.61. The van der Waals surface area contributed by atoms with Crippen LogP contribution in [0.4, 0.5) is 10.5 Å². The number of benzene rings is 1.